The largest absolute Gasteiger partial charge is 0.315 e. The Hall–Kier alpha value is -0.830. The molecule has 0 fully saturated rings. The Balaban J connectivity index is 2.33. The van der Waals surface area contributed by atoms with E-state index < -0.39 is 0 Å². The van der Waals surface area contributed by atoms with Gasteiger partial charge in [-0.15, -0.1) is 11.3 Å². The molecular formula is C12H12ClNS. The average Bonchev–Trinajstić information content (AvgIpc) is 2.68. The molecule has 78 valence electrons. The predicted molar refractivity (Wildman–Crippen MR) is 67.5 cm³/mol. The maximum atomic E-state index is 6.13. The fraction of sp³-hybridized carbons (Fsp3) is 0.167. The summed E-state index contributed by atoms with van der Waals surface area (Å²) in [6.07, 6.45) is 0. The van der Waals surface area contributed by atoms with Crippen molar-refractivity contribution in [3.05, 3.63) is 45.6 Å². The molecule has 0 aliphatic heterocycles. The molecule has 1 aromatic carbocycles. The van der Waals surface area contributed by atoms with E-state index in [4.69, 9.17) is 11.6 Å². The molecule has 0 amide bonds. The maximum absolute atomic E-state index is 6.13. The molecule has 2 rings (SSSR count). The molecule has 1 heterocycles. The van der Waals surface area contributed by atoms with Crippen LogP contribution >= 0.6 is 22.9 Å². The zero-order valence-electron chi connectivity index (χ0n) is 8.46. The van der Waals surface area contributed by atoms with Gasteiger partial charge in [-0.2, -0.15) is 0 Å². The van der Waals surface area contributed by atoms with Crippen LogP contribution in [0.25, 0.3) is 11.1 Å². The fourth-order valence-corrected chi connectivity index (χ4v) is 2.63. The van der Waals surface area contributed by atoms with Gasteiger partial charge in [0, 0.05) is 22.0 Å². The number of halogens is 1. The Morgan fingerprint density at radius 2 is 2.13 bits per heavy atom. The smallest absolute Gasteiger partial charge is 0.0484 e. The van der Waals surface area contributed by atoms with E-state index in [9.17, 15) is 0 Å². The van der Waals surface area contributed by atoms with Crippen LogP contribution in [0.3, 0.4) is 0 Å². The second-order valence-corrected chi connectivity index (χ2v) is 4.71. The average molecular weight is 238 g/mol. The van der Waals surface area contributed by atoms with Crippen molar-refractivity contribution in [3.8, 4) is 11.1 Å². The molecular weight excluding hydrogens is 226 g/mol. The molecule has 0 radical (unpaired) electrons. The minimum absolute atomic E-state index is 0.811. The molecule has 0 spiro atoms. The van der Waals surface area contributed by atoms with E-state index in [0.717, 1.165) is 17.1 Å². The van der Waals surface area contributed by atoms with Gasteiger partial charge in [-0.1, -0.05) is 29.8 Å². The first-order valence-corrected chi connectivity index (χ1v) is 6.04. The monoisotopic (exact) mass is 237 g/mol. The molecule has 2 aromatic rings. The third-order valence-electron chi connectivity index (χ3n) is 2.19. The van der Waals surface area contributed by atoms with Crippen LogP contribution < -0.4 is 5.32 Å². The zero-order valence-corrected chi connectivity index (χ0v) is 10.0. The van der Waals surface area contributed by atoms with E-state index >= 15 is 0 Å². The number of hydrogen-bond donors (Lipinski definition) is 1. The Bertz CT molecular complexity index is 450. The van der Waals surface area contributed by atoms with Crippen molar-refractivity contribution in [3.63, 3.8) is 0 Å². The second-order valence-electron chi connectivity index (χ2n) is 3.31. The Kier molecular flexibility index (Phi) is 3.41. The van der Waals surface area contributed by atoms with Crippen molar-refractivity contribution in [2.75, 3.05) is 7.05 Å². The van der Waals surface area contributed by atoms with Gasteiger partial charge in [0.05, 0.1) is 0 Å². The van der Waals surface area contributed by atoms with E-state index in [1.54, 1.807) is 11.3 Å². The van der Waals surface area contributed by atoms with Crippen molar-refractivity contribution < 1.29 is 0 Å². The first kappa shape index (κ1) is 10.7. The fourth-order valence-electron chi connectivity index (χ4n) is 1.48. The summed E-state index contributed by atoms with van der Waals surface area (Å²) in [5.74, 6) is 0. The van der Waals surface area contributed by atoms with Crippen LogP contribution in [0.4, 0.5) is 0 Å². The molecule has 0 saturated heterocycles. The van der Waals surface area contributed by atoms with E-state index in [-0.39, 0.29) is 0 Å². The van der Waals surface area contributed by atoms with Gasteiger partial charge in [0.25, 0.3) is 0 Å². The molecule has 0 bridgehead atoms. The van der Waals surface area contributed by atoms with Crippen LogP contribution in [0, 0.1) is 0 Å². The van der Waals surface area contributed by atoms with Crippen molar-refractivity contribution in [1.82, 2.24) is 5.32 Å². The van der Waals surface area contributed by atoms with Crippen LogP contribution in [0.1, 0.15) is 4.88 Å². The van der Waals surface area contributed by atoms with Crippen LogP contribution in [0.15, 0.2) is 35.7 Å². The van der Waals surface area contributed by atoms with E-state index in [2.05, 4.69) is 16.8 Å². The lowest BCUT2D eigenvalue weighted by atomic mass is 10.1. The molecule has 1 N–H and O–H groups in total. The highest BCUT2D eigenvalue weighted by Gasteiger charge is 2.04. The highest BCUT2D eigenvalue weighted by molar-refractivity contribution is 7.10. The second kappa shape index (κ2) is 4.79. The van der Waals surface area contributed by atoms with Gasteiger partial charge >= 0.3 is 0 Å². The van der Waals surface area contributed by atoms with E-state index in [1.165, 1.54) is 10.4 Å². The maximum Gasteiger partial charge on any atom is 0.0484 e. The summed E-state index contributed by atoms with van der Waals surface area (Å²) in [5, 5.41) is 6.10. The highest BCUT2D eigenvalue weighted by atomic mass is 35.5. The van der Waals surface area contributed by atoms with Crippen molar-refractivity contribution >= 4 is 22.9 Å². The van der Waals surface area contributed by atoms with Gasteiger partial charge in [0.1, 0.15) is 0 Å². The van der Waals surface area contributed by atoms with Crippen LogP contribution in [0.5, 0.6) is 0 Å². The van der Waals surface area contributed by atoms with Gasteiger partial charge in [0.2, 0.25) is 0 Å². The number of hydrogen-bond acceptors (Lipinski definition) is 2. The number of benzene rings is 1. The van der Waals surface area contributed by atoms with Gasteiger partial charge in [0.15, 0.2) is 0 Å². The lowest BCUT2D eigenvalue weighted by Crippen LogP contribution is -2.02. The van der Waals surface area contributed by atoms with Crippen molar-refractivity contribution in [2.45, 2.75) is 6.54 Å². The van der Waals surface area contributed by atoms with Gasteiger partial charge in [-0.05, 0) is 30.1 Å². The summed E-state index contributed by atoms with van der Waals surface area (Å²) in [7, 11) is 1.95. The van der Waals surface area contributed by atoms with Crippen LogP contribution in [-0.2, 0) is 6.54 Å². The molecule has 3 heteroatoms. The Labute approximate surface area is 98.7 Å². The third-order valence-corrected chi connectivity index (χ3v) is 3.46. The van der Waals surface area contributed by atoms with Gasteiger partial charge in [-0.3, -0.25) is 0 Å². The van der Waals surface area contributed by atoms with E-state index in [0.29, 0.717) is 0 Å². The minimum Gasteiger partial charge on any atom is -0.315 e. The molecule has 15 heavy (non-hydrogen) atoms. The first-order valence-electron chi connectivity index (χ1n) is 4.78. The molecule has 0 atom stereocenters. The molecule has 1 nitrogen and oxygen atoms in total. The SMILES string of the molecule is CNCc1cc(-c2ccccc2Cl)cs1. The Morgan fingerprint density at radius 3 is 2.87 bits per heavy atom. The molecule has 0 aliphatic carbocycles. The highest BCUT2D eigenvalue weighted by Crippen LogP contribution is 2.30. The quantitative estimate of drug-likeness (QED) is 0.857. The first-order chi connectivity index (χ1) is 7.31. The van der Waals surface area contributed by atoms with Gasteiger partial charge < -0.3 is 5.32 Å². The van der Waals surface area contributed by atoms with Crippen molar-refractivity contribution in [1.29, 1.82) is 0 Å². The summed E-state index contributed by atoms with van der Waals surface area (Å²) >= 11 is 7.89. The summed E-state index contributed by atoms with van der Waals surface area (Å²) in [4.78, 5) is 1.33. The summed E-state index contributed by atoms with van der Waals surface area (Å²) in [6, 6.07) is 10.1. The van der Waals surface area contributed by atoms with Gasteiger partial charge in [-0.25, -0.2) is 0 Å². The summed E-state index contributed by atoms with van der Waals surface area (Å²) in [6.45, 7) is 0.912. The van der Waals surface area contributed by atoms with Crippen LogP contribution in [-0.4, -0.2) is 7.05 Å². The summed E-state index contributed by atoms with van der Waals surface area (Å²) < 4.78 is 0. The number of thiophene rings is 1. The zero-order chi connectivity index (χ0) is 10.7. The lowest BCUT2D eigenvalue weighted by Gasteiger charge is -1.99. The molecule has 0 aliphatic rings. The standard InChI is InChI=1S/C12H12ClNS/c1-14-7-10-6-9(8-15-10)11-4-2-3-5-12(11)13/h2-6,8,14H,7H2,1H3. The van der Waals surface area contributed by atoms with E-state index in [1.807, 2.05) is 31.3 Å². The number of rotatable bonds is 3. The lowest BCUT2D eigenvalue weighted by molar-refractivity contribution is 0.831. The van der Waals surface area contributed by atoms with Crippen LogP contribution in [0.2, 0.25) is 5.02 Å². The minimum atomic E-state index is 0.811. The molecule has 0 saturated carbocycles. The molecule has 1 aromatic heterocycles. The topological polar surface area (TPSA) is 12.0 Å². The van der Waals surface area contributed by atoms with Crippen molar-refractivity contribution in [2.24, 2.45) is 0 Å². The normalized spacial score (nSPS) is 10.5. The summed E-state index contributed by atoms with van der Waals surface area (Å²) in [5.41, 5.74) is 2.31. The third kappa shape index (κ3) is 2.40. The Morgan fingerprint density at radius 1 is 1.33 bits per heavy atom. The molecule has 0 unspecified atom stereocenters. The number of nitrogens with one attached hydrogen (secondary N) is 1. The predicted octanol–water partition coefficient (Wildman–Crippen LogP) is 3.79.